The number of rotatable bonds is 34. The van der Waals surface area contributed by atoms with Gasteiger partial charge in [-0.2, -0.15) is 23.5 Å². The lowest BCUT2D eigenvalue weighted by molar-refractivity contribution is 0.260. The average molecular weight is 885 g/mol. The van der Waals surface area contributed by atoms with Crippen LogP contribution in [0.3, 0.4) is 0 Å². The summed E-state index contributed by atoms with van der Waals surface area (Å²) in [6, 6.07) is 0. The zero-order chi connectivity index (χ0) is 34.5. The predicted molar refractivity (Wildman–Crippen MR) is 233 cm³/mol. The Morgan fingerprint density at radius 3 is 1.70 bits per heavy atom. The SMILES string of the molecule is O=C(NCCSCSCCN=CS(=O)CSCSCSC(=O)NCCSCSCCN=CS(=O)CCSCCO)SCCSCCO. The summed E-state index contributed by atoms with van der Waals surface area (Å²) in [5.74, 6) is 7.78. The smallest absolute Gasteiger partial charge is 0.279 e. The number of hydrogen-bond donors (Lipinski definition) is 4. The number of nitrogens with zero attached hydrogens (tertiary/aromatic N) is 2. The van der Waals surface area contributed by atoms with Crippen molar-refractivity contribution < 1.29 is 28.2 Å². The van der Waals surface area contributed by atoms with Crippen LogP contribution in [0.5, 0.6) is 0 Å². The average Bonchev–Trinajstić information content (AvgIpc) is 3.06. The van der Waals surface area contributed by atoms with E-state index in [0.717, 1.165) is 55.5 Å². The summed E-state index contributed by atoms with van der Waals surface area (Å²) in [5, 5.41) is 27.0. The lowest BCUT2D eigenvalue weighted by Gasteiger charge is -2.05. The molecule has 0 aliphatic rings. The van der Waals surface area contributed by atoms with Crippen LogP contribution in [0.2, 0.25) is 0 Å². The molecule has 0 bridgehead atoms. The highest BCUT2D eigenvalue weighted by Crippen LogP contribution is 2.19. The molecule has 22 heteroatoms. The minimum atomic E-state index is -1.10. The summed E-state index contributed by atoms with van der Waals surface area (Å²) in [4.78, 5) is 32.1. The van der Waals surface area contributed by atoms with Crippen molar-refractivity contribution in [2.24, 2.45) is 9.98 Å². The molecule has 276 valence electrons. The van der Waals surface area contributed by atoms with Crippen LogP contribution in [0, 0.1) is 0 Å². The highest BCUT2D eigenvalue weighted by Gasteiger charge is 2.04. The van der Waals surface area contributed by atoms with Crippen molar-refractivity contribution in [1.82, 2.24) is 10.6 Å². The van der Waals surface area contributed by atoms with Crippen LogP contribution in [0.1, 0.15) is 0 Å². The van der Waals surface area contributed by atoms with Gasteiger partial charge in [-0.1, -0.05) is 23.5 Å². The number of carbonyl (C=O) groups excluding carboxylic acids is 2. The molecular formula is C25H48N4O6S12. The molecule has 2 atom stereocenters. The van der Waals surface area contributed by atoms with Crippen molar-refractivity contribution in [2.75, 3.05) is 122 Å². The quantitative estimate of drug-likeness (QED) is 0.0294. The molecule has 0 spiro atoms. The van der Waals surface area contributed by atoms with Gasteiger partial charge in [0.2, 0.25) is 0 Å². The zero-order valence-corrected chi connectivity index (χ0v) is 36.1. The third-order valence-electron chi connectivity index (χ3n) is 4.48. The fourth-order valence-electron chi connectivity index (χ4n) is 2.47. The van der Waals surface area contributed by atoms with Crippen LogP contribution in [0.4, 0.5) is 9.59 Å². The standard InChI is InChI=1S/C25H48N4O6S12/c30-5-11-36-13-14-44-24(32)28-3-9-40-20-39-8-2-27-18-47(35)23-43-21-42-22-45-25(33)29-4-10-41-19-38-7-1-26-17-46(34)16-15-37-12-6-31/h17-18,30-31H,1-16,19-23H2,(H,28,32)(H,29,33). The van der Waals surface area contributed by atoms with E-state index in [-0.39, 0.29) is 23.7 Å². The highest BCUT2D eigenvalue weighted by molar-refractivity contribution is 8.28. The minimum absolute atomic E-state index is 0.00527. The van der Waals surface area contributed by atoms with E-state index in [1.165, 1.54) is 34.6 Å². The third kappa shape index (κ3) is 40.6. The molecule has 0 saturated carbocycles. The van der Waals surface area contributed by atoms with Gasteiger partial charge in [0.1, 0.15) is 0 Å². The van der Waals surface area contributed by atoms with Crippen LogP contribution in [0.25, 0.3) is 0 Å². The number of nitrogens with one attached hydrogen (secondary N) is 2. The third-order valence-corrected chi connectivity index (χ3v) is 18.2. The first-order valence-corrected chi connectivity index (χ1v) is 28.4. The Kier molecular flexibility index (Phi) is 42.5. The number of aliphatic hydroxyl groups is 2. The number of hydrogen-bond acceptors (Lipinski definition) is 18. The second-order valence-electron chi connectivity index (χ2n) is 8.21. The lowest BCUT2D eigenvalue weighted by atomic mass is 10.8. The van der Waals surface area contributed by atoms with Crippen LogP contribution in [-0.2, 0) is 21.6 Å². The van der Waals surface area contributed by atoms with E-state index < -0.39 is 21.6 Å². The zero-order valence-electron chi connectivity index (χ0n) is 26.3. The number of carbonyl (C=O) groups is 2. The molecule has 0 heterocycles. The minimum Gasteiger partial charge on any atom is -0.396 e. The van der Waals surface area contributed by atoms with Gasteiger partial charge in [-0.15, -0.1) is 70.6 Å². The molecule has 0 fully saturated rings. The Bertz CT molecular complexity index is 867. The topological polar surface area (TPSA) is 158 Å². The van der Waals surface area contributed by atoms with Gasteiger partial charge >= 0.3 is 0 Å². The van der Waals surface area contributed by atoms with Gasteiger partial charge in [-0.25, -0.2) is 0 Å². The van der Waals surface area contributed by atoms with Gasteiger partial charge in [0.25, 0.3) is 10.5 Å². The first-order valence-electron chi connectivity index (χ1n) is 14.4. The Labute approximate surface area is 328 Å². The van der Waals surface area contributed by atoms with Crippen molar-refractivity contribution in [3.63, 3.8) is 0 Å². The lowest BCUT2D eigenvalue weighted by Crippen LogP contribution is -2.22. The Balaban J connectivity index is 3.44. The largest absolute Gasteiger partial charge is 0.396 e. The molecular weight excluding hydrogens is 837 g/mol. The van der Waals surface area contributed by atoms with Gasteiger partial charge in [-0.05, 0) is 0 Å². The number of aliphatic hydroxyl groups excluding tert-OH is 2. The maximum atomic E-state index is 12.1. The monoisotopic (exact) mass is 884 g/mol. The van der Waals surface area contributed by atoms with Crippen LogP contribution >= 0.6 is 118 Å². The second kappa shape index (κ2) is 40.8. The molecule has 0 saturated heterocycles. The van der Waals surface area contributed by atoms with Gasteiger partial charge in [0, 0.05) is 104 Å². The van der Waals surface area contributed by atoms with E-state index in [0.29, 0.717) is 53.6 Å². The molecule has 0 aliphatic carbocycles. The van der Waals surface area contributed by atoms with E-state index in [2.05, 4.69) is 20.6 Å². The Morgan fingerprint density at radius 2 is 1.09 bits per heavy atom. The van der Waals surface area contributed by atoms with E-state index in [9.17, 15) is 18.0 Å². The van der Waals surface area contributed by atoms with Gasteiger partial charge in [-0.3, -0.25) is 28.0 Å². The van der Waals surface area contributed by atoms with Gasteiger partial charge in [0.05, 0.1) is 51.0 Å². The van der Waals surface area contributed by atoms with E-state index in [1.54, 1.807) is 94.1 Å². The molecule has 0 aromatic heterocycles. The predicted octanol–water partition coefficient (Wildman–Crippen LogP) is 5.06. The summed E-state index contributed by atoms with van der Waals surface area (Å²) >= 11 is 16.1. The van der Waals surface area contributed by atoms with Crippen molar-refractivity contribution in [3.8, 4) is 0 Å². The molecule has 0 aliphatic heterocycles. The highest BCUT2D eigenvalue weighted by atomic mass is 32.3. The van der Waals surface area contributed by atoms with E-state index >= 15 is 0 Å². The van der Waals surface area contributed by atoms with Crippen LogP contribution in [-0.4, -0.2) is 163 Å². The normalized spacial score (nSPS) is 13.0. The molecule has 2 amide bonds. The van der Waals surface area contributed by atoms with E-state index in [1.807, 2.05) is 0 Å². The molecule has 47 heavy (non-hydrogen) atoms. The van der Waals surface area contributed by atoms with Crippen molar-refractivity contribution in [2.45, 2.75) is 0 Å². The fourth-order valence-corrected chi connectivity index (χ4v) is 14.0. The summed E-state index contributed by atoms with van der Waals surface area (Å²) < 4.78 is 23.8. The van der Waals surface area contributed by atoms with Crippen molar-refractivity contribution in [3.05, 3.63) is 0 Å². The maximum absolute atomic E-state index is 12.1. The molecule has 2 unspecified atom stereocenters. The van der Waals surface area contributed by atoms with Crippen LogP contribution < -0.4 is 10.6 Å². The number of amides is 2. The van der Waals surface area contributed by atoms with Gasteiger partial charge in [0.15, 0.2) is 0 Å². The summed E-state index contributed by atoms with van der Waals surface area (Å²) in [6.45, 7) is 2.89. The number of aliphatic imine (C=N–C) groups is 2. The molecule has 4 N–H and O–H groups in total. The van der Waals surface area contributed by atoms with E-state index in [4.69, 9.17) is 10.2 Å². The molecule has 0 aromatic carbocycles. The van der Waals surface area contributed by atoms with Gasteiger partial charge < -0.3 is 20.8 Å². The molecule has 0 rings (SSSR count). The first kappa shape index (κ1) is 49.0. The maximum Gasteiger partial charge on any atom is 0.279 e. The summed E-state index contributed by atoms with van der Waals surface area (Å²) in [7, 11) is -2.13. The Hall–Kier alpha value is 2.00. The Morgan fingerprint density at radius 1 is 0.553 bits per heavy atom. The first-order chi connectivity index (χ1) is 23.0. The molecule has 0 aromatic rings. The van der Waals surface area contributed by atoms with Crippen LogP contribution in [0.15, 0.2) is 9.98 Å². The summed E-state index contributed by atoms with van der Waals surface area (Å²) in [5.41, 5.74) is 3.05. The second-order valence-corrected chi connectivity index (χ2v) is 23.5. The number of thioether (sulfide) groups is 10. The molecule has 10 nitrogen and oxygen atoms in total. The van der Waals surface area contributed by atoms with Crippen molar-refractivity contribution in [1.29, 1.82) is 0 Å². The van der Waals surface area contributed by atoms with Crippen molar-refractivity contribution >= 4 is 161 Å². The fraction of sp³-hybridized carbons (Fsp3) is 0.840. The molecule has 0 radical (unpaired) electrons. The summed E-state index contributed by atoms with van der Waals surface area (Å²) in [6.07, 6.45) is 0.